The zero-order valence-corrected chi connectivity index (χ0v) is 13.7. The van der Waals surface area contributed by atoms with Crippen molar-refractivity contribution in [2.75, 3.05) is 25.6 Å². The largest absolute Gasteiger partial charge is 0.480 e. The summed E-state index contributed by atoms with van der Waals surface area (Å²) in [7, 11) is 1.78. The van der Waals surface area contributed by atoms with Gasteiger partial charge in [-0.15, -0.1) is 0 Å². The molecule has 1 saturated heterocycles. The van der Waals surface area contributed by atoms with Gasteiger partial charge in [-0.1, -0.05) is 6.92 Å². The van der Waals surface area contributed by atoms with Gasteiger partial charge in [-0.05, 0) is 38.9 Å². The summed E-state index contributed by atoms with van der Waals surface area (Å²) in [6.07, 6.45) is 5.16. The van der Waals surface area contributed by atoms with Crippen LogP contribution in [0.2, 0.25) is 0 Å². The van der Waals surface area contributed by atoms with E-state index in [4.69, 9.17) is 0 Å². The third kappa shape index (κ3) is 3.40. The van der Waals surface area contributed by atoms with Gasteiger partial charge in [0.05, 0.1) is 0 Å². The number of urea groups is 1. The first-order chi connectivity index (χ1) is 9.38. The molecule has 0 aliphatic carbocycles. The van der Waals surface area contributed by atoms with Crippen LogP contribution in [-0.4, -0.2) is 64.1 Å². The van der Waals surface area contributed by atoms with Crippen LogP contribution in [0.3, 0.4) is 0 Å². The van der Waals surface area contributed by atoms with Gasteiger partial charge in [-0.2, -0.15) is 11.8 Å². The fraction of sp³-hybridized carbons (Fsp3) is 0.857. The fourth-order valence-electron chi connectivity index (χ4n) is 2.69. The van der Waals surface area contributed by atoms with Crippen molar-refractivity contribution in [1.29, 1.82) is 0 Å². The summed E-state index contributed by atoms with van der Waals surface area (Å²) in [5, 5.41) is 9.48. The first-order valence-corrected chi connectivity index (χ1v) is 8.54. The lowest BCUT2D eigenvalue weighted by molar-refractivity contribution is -0.150. The molecule has 0 aromatic heterocycles. The van der Waals surface area contributed by atoms with Gasteiger partial charge >= 0.3 is 12.0 Å². The Bertz CT molecular complexity index is 364. The number of carbonyl (C=O) groups is 2. The second-order valence-corrected chi connectivity index (χ2v) is 6.51. The molecule has 116 valence electrons. The molecular weight excluding hydrogens is 276 g/mol. The van der Waals surface area contributed by atoms with Crippen LogP contribution in [0.5, 0.6) is 0 Å². The minimum atomic E-state index is -1.07. The minimum absolute atomic E-state index is 0.150. The van der Waals surface area contributed by atoms with Crippen molar-refractivity contribution in [3.05, 3.63) is 0 Å². The number of likely N-dealkylation sites (tertiary alicyclic amines) is 1. The first kappa shape index (κ1) is 17.1. The fourth-order valence-corrected chi connectivity index (χ4v) is 3.54. The Kier molecular flexibility index (Phi) is 6.17. The zero-order chi connectivity index (χ0) is 15.3. The van der Waals surface area contributed by atoms with E-state index in [0.717, 1.165) is 25.0 Å². The molecule has 0 aromatic carbocycles. The predicted octanol–water partition coefficient (Wildman–Crippen LogP) is 2.51. The van der Waals surface area contributed by atoms with Gasteiger partial charge in [-0.25, -0.2) is 9.59 Å². The highest BCUT2D eigenvalue weighted by Crippen LogP contribution is 2.29. The number of carboxylic acid groups (broad SMARTS) is 1. The van der Waals surface area contributed by atoms with Crippen LogP contribution < -0.4 is 0 Å². The molecule has 2 atom stereocenters. The summed E-state index contributed by atoms with van der Waals surface area (Å²) < 4.78 is 0. The van der Waals surface area contributed by atoms with Crippen molar-refractivity contribution in [2.24, 2.45) is 0 Å². The van der Waals surface area contributed by atoms with Gasteiger partial charge in [0.1, 0.15) is 5.54 Å². The van der Waals surface area contributed by atoms with E-state index in [2.05, 4.69) is 6.92 Å². The summed E-state index contributed by atoms with van der Waals surface area (Å²) in [6.45, 7) is 4.24. The molecule has 1 aliphatic rings. The molecule has 6 heteroatoms. The van der Waals surface area contributed by atoms with Gasteiger partial charge < -0.3 is 14.9 Å². The highest BCUT2D eigenvalue weighted by molar-refractivity contribution is 7.98. The Morgan fingerprint density at radius 3 is 2.60 bits per heavy atom. The van der Waals surface area contributed by atoms with Crippen LogP contribution in [0.15, 0.2) is 0 Å². The van der Waals surface area contributed by atoms with Crippen molar-refractivity contribution < 1.29 is 14.7 Å². The van der Waals surface area contributed by atoms with E-state index in [1.54, 1.807) is 35.5 Å². The number of carboxylic acids is 1. The van der Waals surface area contributed by atoms with Crippen molar-refractivity contribution in [1.82, 2.24) is 9.80 Å². The molecule has 20 heavy (non-hydrogen) atoms. The van der Waals surface area contributed by atoms with Crippen molar-refractivity contribution in [3.63, 3.8) is 0 Å². The van der Waals surface area contributed by atoms with E-state index >= 15 is 0 Å². The summed E-state index contributed by atoms with van der Waals surface area (Å²) in [5.41, 5.74) is -1.07. The van der Waals surface area contributed by atoms with Crippen LogP contribution in [0, 0.1) is 0 Å². The quantitative estimate of drug-likeness (QED) is 0.847. The Morgan fingerprint density at radius 1 is 1.45 bits per heavy atom. The van der Waals surface area contributed by atoms with Gasteiger partial charge in [0.25, 0.3) is 0 Å². The maximum atomic E-state index is 12.7. The molecule has 0 bridgehead atoms. The molecule has 0 aromatic rings. The molecule has 1 rings (SSSR count). The lowest BCUT2D eigenvalue weighted by Gasteiger charge is -2.44. The van der Waals surface area contributed by atoms with Crippen molar-refractivity contribution >= 4 is 23.8 Å². The average Bonchev–Trinajstić information content (AvgIpc) is 2.43. The maximum absolute atomic E-state index is 12.7. The maximum Gasteiger partial charge on any atom is 0.329 e. The lowest BCUT2D eigenvalue weighted by atomic mass is 9.89. The normalized spacial score (nSPS) is 24.3. The van der Waals surface area contributed by atoms with E-state index in [9.17, 15) is 14.7 Å². The van der Waals surface area contributed by atoms with E-state index < -0.39 is 11.5 Å². The standard InChI is InChI=1S/C14H26N2O3S/c1-5-11(10-20-4)15(3)13(19)16-9-7-6-8-14(16,2)12(17)18/h11H,5-10H2,1-4H3,(H,17,18). The van der Waals surface area contributed by atoms with E-state index in [1.165, 1.54) is 0 Å². The number of piperidine rings is 1. The Balaban J connectivity index is 2.90. The molecule has 1 heterocycles. The lowest BCUT2D eigenvalue weighted by Crippen LogP contribution is -2.61. The summed E-state index contributed by atoms with van der Waals surface area (Å²) in [6, 6.07) is -0.00651. The van der Waals surface area contributed by atoms with Gasteiger partial charge in [0, 0.05) is 25.4 Å². The summed E-state index contributed by atoms with van der Waals surface area (Å²) >= 11 is 1.70. The molecule has 1 fully saturated rings. The van der Waals surface area contributed by atoms with Crippen LogP contribution in [0.25, 0.3) is 0 Å². The molecule has 5 nitrogen and oxygen atoms in total. The second kappa shape index (κ2) is 7.20. The van der Waals surface area contributed by atoms with E-state index in [0.29, 0.717) is 13.0 Å². The molecule has 1 aliphatic heterocycles. The average molecular weight is 302 g/mol. The van der Waals surface area contributed by atoms with Crippen LogP contribution in [0.4, 0.5) is 4.79 Å². The monoisotopic (exact) mass is 302 g/mol. The number of hydrogen-bond acceptors (Lipinski definition) is 3. The van der Waals surface area contributed by atoms with Crippen LogP contribution >= 0.6 is 11.8 Å². The zero-order valence-electron chi connectivity index (χ0n) is 12.9. The van der Waals surface area contributed by atoms with Crippen molar-refractivity contribution in [2.45, 2.75) is 51.1 Å². The second-order valence-electron chi connectivity index (χ2n) is 5.60. The Labute approximate surface area is 125 Å². The van der Waals surface area contributed by atoms with Gasteiger partial charge in [0.2, 0.25) is 0 Å². The first-order valence-electron chi connectivity index (χ1n) is 7.15. The Morgan fingerprint density at radius 2 is 2.10 bits per heavy atom. The van der Waals surface area contributed by atoms with Gasteiger partial charge in [0.15, 0.2) is 0 Å². The van der Waals surface area contributed by atoms with Crippen molar-refractivity contribution in [3.8, 4) is 0 Å². The molecule has 0 spiro atoms. The third-order valence-electron chi connectivity index (χ3n) is 4.26. The molecular formula is C14H26N2O3S. The molecule has 0 radical (unpaired) electrons. The van der Waals surface area contributed by atoms with Crippen LogP contribution in [-0.2, 0) is 4.79 Å². The topological polar surface area (TPSA) is 60.9 Å². The van der Waals surface area contributed by atoms with Crippen LogP contribution in [0.1, 0.15) is 39.5 Å². The number of carbonyl (C=O) groups excluding carboxylic acids is 1. The van der Waals surface area contributed by atoms with Gasteiger partial charge in [-0.3, -0.25) is 0 Å². The number of nitrogens with zero attached hydrogens (tertiary/aromatic N) is 2. The number of amides is 2. The minimum Gasteiger partial charge on any atom is -0.480 e. The SMILES string of the molecule is CCC(CSC)N(C)C(=O)N1CCCCC1(C)C(=O)O. The van der Waals surface area contributed by atoms with E-state index in [-0.39, 0.29) is 12.1 Å². The summed E-state index contributed by atoms with van der Waals surface area (Å²) in [5.74, 6) is -0.0343. The molecule has 2 unspecified atom stereocenters. The third-order valence-corrected chi connectivity index (χ3v) is 4.98. The highest BCUT2D eigenvalue weighted by Gasteiger charge is 2.45. The number of aliphatic carboxylic acids is 1. The smallest absolute Gasteiger partial charge is 0.329 e. The van der Waals surface area contributed by atoms with E-state index in [1.807, 2.05) is 6.26 Å². The summed E-state index contributed by atoms with van der Waals surface area (Å²) in [4.78, 5) is 27.5. The Hall–Kier alpha value is -0.910. The number of rotatable bonds is 5. The molecule has 1 N–H and O–H groups in total. The number of hydrogen-bond donors (Lipinski definition) is 1. The molecule has 0 saturated carbocycles. The molecule has 2 amide bonds. The highest BCUT2D eigenvalue weighted by atomic mass is 32.2. The predicted molar refractivity (Wildman–Crippen MR) is 82.2 cm³/mol. The number of thioether (sulfide) groups is 1.